The molecule has 0 aliphatic rings. The maximum absolute atomic E-state index is 9.75. The highest BCUT2D eigenvalue weighted by Gasteiger charge is 2.20. The Morgan fingerprint density at radius 1 is 0.688 bits per heavy atom. The summed E-state index contributed by atoms with van der Waals surface area (Å²) in [5.74, 6) is 0.881. The van der Waals surface area contributed by atoms with Crippen LogP contribution in [-0.4, -0.2) is 14.4 Å². The molecular weight excluding hydrogens is 417 g/mol. The van der Waals surface area contributed by atoms with Crippen molar-refractivity contribution in [1.29, 1.82) is 0 Å². The third kappa shape index (κ3) is 6.98. The number of aromatic nitrogens is 1. The van der Waals surface area contributed by atoms with E-state index in [4.69, 9.17) is 4.74 Å². The van der Waals surface area contributed by atoms with E-state index < -0.39 is 7.25 Å². The lowest BCUT2D eigenvalue weighted by atomic mass is 10.0. The van der Waals surface area contributed by atoms with Gasteiger partial charge in [0, 0.05) is 23.3 Å². The number of hydrogen-bond donors (Lipinski definition) is 0. The number of benzene rings is 3. The average Bonchev–Trinajstić information content (AvgIpc) is 2.80. The molecule has 0 spiro atoms. The van der Waals surface area contributed by atoms with Crippen molar-refractivity contribution in [2.45, 2.75) is 6.54 Å². The molecule has 0 amide bonds. The predicted molar refractivity (Wildman–Crippen MR) is 120 cm³/mol. The van der Waals surface area contributed by atoms with Crippen LogP contribution in [0.1, 0.15) is 5.56 Å². The molecule has 0 aliphatic heterocycles. The minimum absolute atomic E-state index is 0.809. The number of halogens is 4. The van der Waals surface area contributed by atoms with Crippen LogP contribution in [0.3, 0.4) is 0 Å². The Hall–Kier alpha value is -3.61. The second-order valence-corrected chi connectivity index (χ2v) is 7.00. The summed E-state index contributed by atoms with van der Waals surface area (Å²) in [5, 5.41) is 0. The Morgan fingerprint density at radius 2 is 1.22 bits per heavy atom. The van der Waals surface area contributed by atoms with Gasteiger partial charge >= 0.3 is 7.25 Å². The van der Waals surface area contributed by atoms with Gasteiger partial charge in [-0.1, -0.05) is 48.5 Å². The summed E-state index contributed by atoms with van der Waals surface area (Å²) in [6, 6.07) is 33.8. The second-order valence-electron chi connectivity index (χ2n) is 7.00. The summed E-state index contributed by atoms with van der Waals surface area (Å²) in [4.78, 5) is 0. The average molecular weight is 439 g/mol. The van der Waals surface area contributed by atoms with Gasteiger partial charge in [0.05, 0.1) is 7.11 Å². The lowest BCUT2D eigenvalue weighted by molar-refractivity contribution is -0.677. The molecule has 0 fully saturated rings. The van der Waals surface area contributed by atoms with Crippen LogP contribution in [-0.2, 0) is 6.54 Å². The number of hydrogen-bond acceptors (Lipinski definition) is 1. The molecule has 164 valence electrons. The molecule has 0 unspecified atom stereocenters. The zero-order chi connectivity index (χ0) is 23.0. The molecule has 0 saturated heterocycles. The number of pyridine rings is 1. The van der Waals surface area contributed by atoms with Crippen molar-refractivity contribution < 1.29 is 26.6 Å². The molecule has 0 radical (unpaired) electrons. The first-order valence-corrected chi connectivity index (χ1v) is 9.98. The van der Waals surface area contributed by atoms with E-state index >= 15 is 0 Å². The lowest BCUT2D eigenvalue weighted by Crippen LogP contribution is -2.36. The van der Waals surface area contributed by atoms with Crippen LogP contribution in [0.2, 0.25) is 0 Å². The van der Waals surface area contributed by atoms with Crippen LogP contribution in [0.25, 0.3) is 22.4 Å². The van der Waals surface area contributed by atoms with E-state index in [0.29, 0.717) is 0 Å². The van der Waals surface area contributed by atoms with Crippen molar-refractivity contribution in [3.05, 3.63) is 109 Å². The fraction of sp³-hybridized carbons (Fsp3) is 0.0800. The molecule has 1 heterocycles. The Morgan fingerprint density at radius 3 is 1.75 bits per heavy atom. The van der Waals surface area contributed by atoms with Gasteiger partial charge in [-0.05, 0) is 47.5 Å². The summed E-state index contributed by atoms with van der Waals surface area (Å²) in [7, 11) is -4.31. The first-order valence-electron chi connectivity index (χ1n) is 9.98. The molecule has 0 saturated carbocycles. The minimum atomic E-state index is -6.00. The molecule has 0 N–H and O–H groups in total. The molecule has 1 aromatic heterocycles. The van der Waals surface area contributed by atoms with E-state index in [-0.39, 0.29) is 0 Å². The van der Waals surface area contributed by atoms with Gasteiger partial charge in [-0.3, -0.25) is 0 Å². The van der Waals surface area contributed by atoms with E-state index in [1.54, 1.807) is 7.11 Å². The largest absolute Gasteiger partial charge is 0.673 e. The van der Waals surface area contributed by atoms with Crippen LogP contribution >= 0.6 is 0 Å². The summed E-state index contributed by atoms with van der Waals surface area (Å²) in [6.07, 6.45) is 2.18. The smallest absolute Gasteiger partial charge is 0.497 e. The highest BCUT2D eigenvalue weighted by Crippen LogP contribution is 2.24. The van der Waals surface area contributed by atoms with Gasteiger partial charge in [0.25, 0.3) is 0 Å². The summed E-state index contributed by atoms with van der Waals surface area (Å²) >= 11 is 0. The predicted octanol–water partition coefficient (Wildman–Crippen LogP) is 6.67. The van der Waals surface area contributed by atoms with Crippen LogP contribution in [0.4, 0.5) is 17.3 Å². The third-order valence-corrected chi connectivity index (χ3v) is 4.72. The number of methoxy groups -OCH3 is 1. The van der Waals surface area contributed by atoms with Crippen molar-refractivity contribution in [3.8, 4) is 28.1 Å². The van der Waals surface area contributed by atoms with Crippen molar-refractivity contribution in [2.24, 2.45) is 0 Å². The Balaban J connectivity index is 0.000000523. The molecule has 0 aliphatic carbocycles. The van der Waals surface area contributed by atoms with E-state index in [2.05, 4.69) is 95.7 Å². The van der Waals surface area contributed by atoms with Crippen LogP contribution in [0.15, 0.2) is 103 Å². The molecule has 4 rings (SSSR count). The molecule has 7 heteroatoms. The highest BCUT2D eigenvalue weighted by atomic mass is 19.5. The van der Waals surface area contributed by atoms with E-state index in [0.717, 1.165) is 12.3 Å². The van der Waals surface area contributed by atoms with Crippen molar-refractivity contribution >= 4 is 7.25 Å². The van der Waals surface area contributed by atoms with Gasteiger partial charge in [-0.25, -0.2) is 0 Å². The zero-order valence-corrected chi connectivity index (χ0v) is 17.5. The van der Waals surface area contributed by atoms with E-state index in [1.165, 1.54) is 27.9 Å². The SMILES string of the molecule is COc1ccc(C[n+]2ccc(-c3ccccc3)cc2-c2ccccc2)cc1.F[B-](F)(F)F. The number of rotatable bonds is 5. The van der Waals surface area contributed by atoms with Gasteiger partial charge in [-0.15, -0.1) is 0 Å². The Labute approximate surface area is 184 Å². The van der Waals surface area contributed by atoms with Gasteiger partial charge in [-0.2, -0.15) is 4.57 Å². The van der Waals surface area contributed by atoms with E-state index in [1.807, 2.05) is 12.1 Å². The maximum atomic E-state index is 9.75. The first kappa shape index (κ1) is 23.1. The molecule has 0 bridgehead atoms. The standard InChI is InChI=1S/C25H22NO.BF4/c1-27-24-14-12-20(13-15-24)19-26-17-16-23(21-8-4-2-5-9-21)18-25(26)22-10-6-3-7-11-22;2-1(3,4)5/h2-18H,19H2,1H3;/q+1;-1. The second kappa shape index (κ2) is 10.6. The van der Waals surface area contributed by atoms with Crippen LogP contribution in [0.5, 0.6) is 5.75 Å². The first-order chi connectivity index (χ1) is 15.3. The van der Waals surface area contributed by atoms with Crippen LogP contribution in [0, 0.1) is 0 Å². The molecule has 3 aromatic carbocycles. The van der Waals surface area contributed by atoms with Gasteiger partial charge < -0.3 is 22.0 Å². The van der Waals surface area contributed by atoms with Crippen molar-refractivity contribution in [2.75, 3.05) is 7.11 Å². The number of ether oxygens (including phenoxy) is 1. The minimum Gasteiger partial charge on any atom is -0.497 e. The third-order valence-electron chi connectivity index (χ3n) is 4.72. The van der Waals surface area contributed by atoms with Crippen molar-refractivity contribution in [3.63, 3.8) is 0 Å². The fourth-order valence-corrected chi connectivity index (χ4v) is 3.26. The molecular formula is C25H22BF4NO. The number of nitrogens with zero attached hydrogens (tertiary/aromatic N) is 1. The van der Waals surface area contributed by atoms with Crippen molar-refractivity contribution in [1.82, 2.24) is 0 Å². The topological polar surface area (TPSA) is 13.1 Å². The zero-order valence-electron chi connectivity index (χ0n) is 17.5. The van der Waals surface area contributed by atoms with E-state index in [9.17, 15) is 17.3 Å². The quantitative estimate of drug-likeness (QED) is 0.193. The lowest BCUT2D eigenvalue weighted by Gasteiger charge is -2.08. The normalized spacial score (nSPS) is 10.8. The summed E-state index contributed by atoms with van der Waals surface area (Å²) in [6.45, 7) is 0.809. The molecule has 32 heavy (non-hydrogen) atoms. The summed E-state index contributed by atoms with van der Waals surface area (Å²) in [5.41, 5.74) is 6.11. The highest BCUT2D eigenvalue weighted by molar-refractivity contribution is 6.50. The Kier molecular flexibility index (Phi) is 7.65. The fourth-order valence-electron chi connectivity index (χ4n) is 3.26. The van der Waals surface area contributed by atoms with Gasteiger partial charge in [0.15, 0.2) is 12.7 Å². The van der Waals surface area contributed by atoms with Gasteiger partial charge in [0.1, 0.15) is 5.75 Å². The molecule has 2 nitrogen and oxygen atoms in total. The maximum Gasteiger partial charge on any atom is 0.673 e. The van der Waals surface area contributed by atoms with Crippen LogP contribution < -0.4 is 9.30 Å². The Bertz CT molecular complexity index is 1110. The molecule has 4 aromatic rings. The van der Waals surface area contributed by atoms with Gasteiger partial charge in [0.2, 0.25) is 5.69 Å². The summed E-state index contributed by atoms with van der Waals surface area (Å²) < 4.78 is 46.6. The molecule has 0 atom stereocenters. The monoisotopic (exact) mass is 439 g/mol.